The predicted octanol–water partition coefficient (Wildman–Crippen LogP) is 4.43. The van der Waals surface area contributed by atoms with Gasteiger partial charge in [0, 0.05) is 18.0 Å². The summed E-state index contributed by atoms with van der Waals surface area (Å²) in [4.78, 5) is 9.27. The van der Waals surface area contributed by atoms with Gasteiger partial charge >= 0.3 is 0 Å². The van der Waals surface area contributed by atoms with Gasteiger partial charge in [0.1, 0.15) is 5.65 Å². The van der Waals surface area contributed by atoms with Gasteiger partial charge in [0.25, 0.3) is 0 Å². The quantitative estimate of drug-likeness (QED) is 0.764. The lowest BCUT2D eigenvalue weighted by molar-refractivity contribution is 0.460. The summed E-state index contributed by atoms with van der Waals surface area (Å²) in [6.07, 6.45) is 14.4. The molecule has 1 saturated heterocycles. The maximum atomic E-state index is 4.69. The van der Waals surface area contributed by atoms with Gasteiger partial charge < -0.3 is 5.32 Å². The molecule has 26 heavy (non-hydrogen) atoms. The molecule has 0 aromatic carbocycles. The number of nitrogens with zero attached hydrogens (tertiary/aromatic N) is 3. The van der Waals surface area contributed by atoms with E-state index in [1.54, 1.807) is 0 Å². The van der Waals surface area contributed by atoms with E-state index in [-0.39, 0.29) is 0 Å². The van der Waals surface area contributed by atoms with Crippen molar-refractivity contribution in [3.05, 3.63) is 60.2 Å². The first-order valence-electron chi connectivity index (χ1n) is 9.72. The van der Waals surface area contributed by atoms with Crippen molar-refractivity contribution in [3.8, 4) is 11.3 Å². The maximum absolute atomic E-state index is 4.69. The molecule has 0 saturated carbocycles. The highest BCUT2D eigenvalue weighted by molar-refractivity contribution is 5.71. The van der Waals surface area contributed by atoms with Crippen LogP contribution in [0.25, 0.3) is 22.5 Å². The molecule has 0 atom stereocenters. The Labute approximate surface area is 154 Å². The number of piperidine rings is 1. The lowest BCUT2D eigenvalue weighted by Gasteiger charge is -2.23. The van der Waals surface area contributed by atoms with Crippen molar-refractivity contribution in [1.82, 2.24) is 19.7 Å². The summed E-state index contributed by atoms with van der Waals surface area (Å²) in [6.45, 7) is 2.23. The Bertz CT molecular complexity index is 963. The number of pyridine rings is 2. The zero-order valence-corrected chi connectivity index (χ0v) is 15.0. The molecular weight excluding hydrogens is 320 g/mol. The van der Waals surface area contributed by atoms with Crippen LogP contribution >= 0.6 is 0 Å². The first-order valence-corrected chi connectivity index (χ1v) is 9.72. The van der Waals surface area contributed by atoms with E-state index in [2.05, 4.69) is 51.2 Å². The van der Waals surface area contributed by atoms with Crippen LogP contribution in [0.5, 0.6) is 0 Å². The summed E-state index contributed by atoms with van der Waals surface area (Å²) < 4.78 is 2.20. The molecular formula is C22H24N4. The zero-order chi connectivity index (χ0) is 17.3. The Balaban J connectivity index is 1.50. The third-order valence-corrected chi connectivity index (χ3v) is 5.77. The lowest BCUT2D eigenvalue weighted by atomic mass is 9.91. The summed E-state index contributed by atoms with van der Waals surface area (Å²) in [7, 11) is 0. The molecule has 3 aromatic rings. The molecule has 1 N–H and O–H groups in total. The average Bonchev–Trinajstić information content (AvgIpc) is 3.38. The van der Waals surface area contributed by atoms with Crippen molar-refractivity contribution in [1.29, 1.82) is 0 Å². The molecule has 3 aromatic heterocycles. The van der Waals surface area contributed by atoms with E-state index in [0.29, 0.717) is 5.92 Å². The van der Waals surface area contributed by atoms with E-state index in [1.807, 2.05) is 12.4 Å². The highest BCUT2D eigenvalue weighted by atomic mass is 15.0. The number of hydrogen-bond acceptors (Lipinski definition) is 3. The number of hydrogen-bond donors (Lipinski definition) is 1. The largest absolute Gasteiger partial charge is 0.317 e. The van der Waals surface area contributed by atoms with Gasteiger partial charge in [-0.05, 0) is 86.5 Å². The molecule has 2 aliphatic rings. The van der Waals surface area contributed by atoms with Gasteiger partial charge in [0.15, 0.2) is 0 Å². The molecule has 5 rings (SSSR count). The van der Waals surface area contributed by atoms with Crippen molar-refractivity contribution in [2.75, 3.05) is 13.1 Å². The Morgan fingerprint density at radius 1 is 1.08 bits per heavy atom. The maximum Gasteiger partial charge on any atom is 0.137 e. The monoisotopic (exact) mass is 344 g/mol. The molecule has 132 valence electrons. The van der Waals surface area contributed by atoms with Crippen LogP contribution in [0.3, 0.4) is 0 Å². The summed E-state index contributed by atoms with van der Waals surface area (Å²) in [5, 5.41) is 3.44. The second-order valence-corrected chi connectivity index (χ2v) is 7.41. The predicted molar refractivity (Wildman–Crippen MR) is 105 cm³/mol. The van der Waals surface area contributed by atoms with Gasteiger partial charge in [-0.2, -0.15) is 0 Å². The minimum Gasteiger partial charge on any atom is -0.317 e. The number of rotatable bonds is 3. The molecule has 0 spiro atoms. The van der Waals surface area contributed by atoms with E-state index in [1.165, 1.54) is 42.4 Å². The average molecular weight is 344 g/mol. The van der Waals surface area contributed by atoms with Crippen molar-refractivity contribution >= 4 is 11.2 Å². The highest BCUT2D eigenvalue weighted by Crippen LogP contribution is 2.30. The molecule has 0 amide bonds. The van der Waals surface area contributed by atoms with Crippen LogP contribution < -0.4 is 5.32 Å². The van der Waals surface area contributed by atoms with Crippen molar-refractivity contribution in [3.63, 3.8) is 0 Å². The molecule has 0 bridgehead atoms. The fraction of sp³-hybridized carbons (Fsp3) is 0.364. The van der Waals surface area contributed by atoms with E-state index in [4.69, 9.17) is 4.98 Å². The Morgan fingerprint density at radius 3 is 2.85 bits per heavy atom. The Morgan fingerprint density at radius 2 is 2.00 bits per heavy atom. The minimum absolute atomic E-state index is 0.656. The summed E-state index contributed by atoms with van der Waals surface area (Å²) in [5.74, 6) is 0.656. The number of allylic oxidation sites excluding steroid dienone is 2. The standard InChI is InChI=1S/C22H24N4/c1-2-4-17(3-1)20-13-19(7-11-24-20)21-15-25-22-14-18(8-12-26(21)22)16-5-9-23-10-6-16/h3,7-8,11-16,23H,1-2,4-6,9-10H2. The fourth-order valence-corrected chi connectivity index (χ4v) is 4.29. The third kappa shape index (κ3) is 2.84. The van der Waals surface area contributed by atoms with Crippen LogP contribution in [0.2, 0.25) is 0 Å². The number of fused-ring (bicyclic) bond motifs is 1. The molecule has 1 aliphatic heterocycles. The van der Waals surface area contributed by atoms with Crippen molar-refractivity contribution in [2.24, 2.45) is 0 Å². The van der Waals surface area contributed by atoms with E-state index in [9.17, 15) is 0 Å². The SMILES string of the molecule is C1=C(c2cc(-c3cnc4cc(C5CCNCC5)ccn34)ccn2)CCC1. The van der Waals surface area contributed by atoms with Gasteiger partial charge in [0.2, 0.25) is 0 Å². The summed E-state index contributed by atoms with van der Waals surface area (Å²) >= 11 is 0. The van der Waals surface area contributed by atoms with Crippen molar-refractivity contribution in [2.45, 2.75) is 38.0 Å². The van der Waals surface area contributed by atoms with E-state index < -0.39 is 0 Å². The van der Waals surface area contributed by atoms with E-state index >= 15 is 0 Å². The second kappa shape index (κ2) is 6.69. The van der Waals surface area contributed by atoms with Gasteiger partial charge in [-0.15, -0.1) is 0 Å². The van der Waals surface area contributed by atoms with Gasteiger partial charge in [-0.1, -0.05) is 6.08 Å². The Hall–Kier alpha value is -2.46. The first kappa shape index (κ1) is 15.8. The molecule has 0 radical (unpaired) electrons. The topological polar surface area (TPSA) is 42.2 Å². The van der Waals surface area contributed by atoms with Crippen molar-refractivity contribution < 1.29 is 0 Å². The molecule has 4 heterocycles. The van der Waals surface area contributed by atoms with Crippen LogP contribution in [0.4, 0.5) is 0 Å². The third-order valence-electron chi connectivity index (χ3n) is 5.77. The molecule has 1 aliphatic carbocycles. The second-order valence-electron chi connectivity index (χ2n) is 7.41. The van der Waals surface area contributed by atoms with Crippen LogP contribution in [-0.4, -0.2) is 27.5 Å². The fourth-order valence-electron chi connectivity index (χ4n) is 4.29. The van der Waals surface area contributed by atoms with Gasteiger partial charge in [-0.3, -0.25) is 9.38 Å². The van der Waals surface area contributed by atoms with E-state index in [0.717, 1.165) is 36.5 Å². The molecule has 4 heteroatoms. The van der Waals surface area contributed by atoms with Crippen LogP contribution in [0.1, 0.15) is 49.3 Å². The van der Waals surface area contributed by atoms with Gasteiger partial charge in [-0.25, -0.2) is 4.98 Å². The Kier molecular flexibility index (Phi) is 4.06. The van der Waals surface area contributed by atoms with Gasteiger partial charge in [0.05, 0.1) is 17.6 Å². The van der Waals surface area contributed by atoms with Crippen LogP contribution in [0.15, 0.2) is 48.9 Å². The lowest BCUT2D eigenvalue weighted by Crippen LogP contribution is -2.26. The number of nitrogens with one attached hydrogen (secondary N) is 1. The minimum atomic E-state index is 0.656. The van der Waals surface area contributed by atoms with Crippen LogP contribution in [0, 0.1) is 0 Å². The first-order chi connectivity index (χ1) is 12.9. The molecule has 4 nitrogen and oxygen atoms in total. The number of aromatic nitrogens is 3. The summed E-state index contributed by atoms with van der Waals surface area (Å²) in [6, 6.07) is 8.83. The molecule has 0 unspecified atom stereocenters. The highest BCUT2D eigenvalue weighted by Gasteiger charge is 2.17. The summed E-state index contributed by atoms with van der Waals surface area (Å²) in [5.41, 5.74) is 7.27. The normalized spacial score (nSPS) is 18.4. The number of imidazole rings is 1. The zero-order valence-electron chi connectivity index (χ0n) is 15.0. The smallest absolute Gasteiger partial charge is 0.137 e. The molecule has 1 fully saturated rings. The van der Waals surface area contributed by atoms with Crippen LogP contribution in [-0.2, 0) is 0 Å².